The predicted octanol–water partition coefficient (Wildman–Crippen LogP) is 0.958. The topological polar surface area (TPSA) is 84.2 Å². The van der Waals surface area contributed by atoms with Crippen molar-refractivity contribution in [3.8, 4) is 0 Å². The Morgan fingerprint density at radius 1 is 1.17 bits per heavy atom. The number of unbranched alkanes of at least 4 members (excludes halogenated alkanes) is 1. The second kappa shape index (κ2) is 12.6. The lowest BCUT2D eigenvalue weighted by Gasteiger charge is -2.16. The molecule has 108 valence electrons. The largest absolute Gasteiger partial charge is 0.351 e. The number of carbonyl (C=O) groups is 2. The SMILES string of the molecule is CCCCC(CN)NC(=O)CNC(=O)CCC.Cl. The Hall–Kier alpha value is -0.810. The summed E-state index contributed by atoms with van der Waals surface area (Å²) in [6.07, 6.45) is 4.27. The van der Waals surface area contributed by atoms with Crippen molar-refractivity contribution in [1.29, 1.82) is 0 Å². The third-order valence-electron chi connectivity index (χ3n) is 2.48. The summed E-state index contributed by atoms with van der Waals surface area (Å²) in [5, 5.41) is 5.40. The van der Waals surface area contributed by atoms with Crippen LogP contribution in [-0.2, 0) is 9.59 Å². The quantitative estimate of drug-likeness (QED) is 0.588. The van der Waals surface area contributed by atoms with Gasteiger partial charge in [-0.1, -0.05) is 26.7 Å². The molecule has 5 nitrogen and oxygen atoms in total. The van der Waals surface area contributed by atoms with Gasteiger partial charge in [0.2, 0.25) is 11.8 Å². The Balaban J connectivity index is 0. The molecule has 18 heavy (non-hydrogen) atoms. The summed E-state index contributed by atoms with van der Waals surface area (Å²) in [5.41, 5.74) is 5.56. The molecule has 1 atom stereocenters. The molecule has 1 unspecified atom stereocenters. The second-order valence-electron chi connectivity index (χ2n) is 4.17. The lowest BCUT2D eigenvalue weighted by Crippen LogP contribution is -2.45. The molecule has 6 heteroatoms. The highest BCUT2D eigenvalue weighted by atomic mass is 35.5. The van der Waals surface area contributed by atoms with Crippen molar-refractivity contribution in [2.45, 2.75) is 52.0 Å². The summed E-state index contributed by atoms with van der Waals surface area (Å²) < 4.78 is 0. The molecule has 0 bridgehead atoms. The molecule has 0 aliphatic rings. The van der Waals surface area contributed by atoms with Crippen LogP contribution in [0.3, 0.4) is 0 Å². The van der Waals surface area contributed by atoms with Crippen molar-refractivity contribution < 1.29 is 9.59 Å². The van der Waals surface area contributed by atoms with Crippen molar-refractivity contribution in [1.82, 2.24) is 10.6 Å². The van der Waals surface area contributed by atoms with E-state index in [2.05, 4.69) is 17.6 Å². The molecule has 0 heterocycles. The van der Waals surface area contributed by atoms with Crippen molar-refractivity contribution in [3.05, 3.63) is 0 Å². The molecule has 0 spiro atoms. The minimum Gasteiger partial charge on any atom is -0.351 e. The van der Waals surface area contributed by atoms with Crippen molar-refractivity contribution >= 4 is 24.2 Å². The molecule has 2 amide bonds. The minimum atomic E-state index is -0.166. The van der Waals surface area contributed by atoms with Crippen molar-refractivity contribution in [2.24, 2.45) is 5.73 Å². The second-order valence-corrected chi connectivity index (χ2v) is 4.17. The number of halogens is 1. The van der Waals surface area contributed by atoms with Crippen LogP contribution in [0, 0.1) is 0 Å². The van der Waals surface area contributed by atoms with Gasteiger partial charge in [-0.2, -0.15) is 0 Å². The van der Waals surface area contributed by atoms with Crippen molar-refractivity contribution in [3.63, 3.8) is 0 Å². The molecule has 0 aromatic carbocycles. The van der Waals surface area contributed by atoms with E-state index in [-0.39, 0.29) is 36.8 Å². The molecule has 0 aromatic heterocycles. The van der Waals surface area contributed by atoms with E-state index in [0.29, 0.717) is 13.0 Å². The van der Waals surface area contributed by atoms with E-state index in [0.717, 1.165) is 25.7 Å². The van der Waals surface area contributed by atoms with E-state index >= 15 is 0 Å². The van der Waals surface area contributed by atoms with Gasteiger partial charge >= 0.3 is 0 Å². The summed E-state index contributed by atoms with van der Waals surface area (Å²) in [6.45, 7) is 4.51. The molecule has 0 fully saturated rings. The van der Waals surface area contributed by atoms with Crippen LogP contribution < -0.4 is 16.4 Å². The van der Waals surface area contributed by atoms with Gasteiger partial charge in [0.25, 0.3) is 0 Å². The normalized spacial score (nSPS) is 11.3. The number of amides is 2. The van der Waals surface area contributed by atoms with E-state index in [4.69, 9.17) is 5.73 Å². The fraction of sp³-hybridized carbons (Fsp3) is 0.833. The van der Waals surface area contributed by atoms with E-state index < -0.39 is 0 Å². The highest BCUT2D eigenvalue weighted by Crippen LogP contribution is 1.98. The maximum Gasteiger partial charge on any atom is 0.239 e. The number of hydrogen-bond donors (Lipinski definition) is 3. The predicted molar refractivity (Wildman–Crippen MR) is 75.7 cm³/mol. The van der Waals surface area contributed by atoms with Crippen LogP contribution in [0.25, 0.3) is 0 Å². The number of hydrogen-bond acceptors (Lipinski definition) is 3. The Bertz CT molecular complexity index is 237. The van der Waals surface area contributed by atoms with Gasteiger partial charge in [0, 0.05) is 19.0 Å². The maximum atomic E-state index is 11.5. The minimum absolute atomic E-state index is 0. The number of nitrogens with two attached hydrogens (primary N) is 1. The van der Waals surface area contributed by atoms with Gasteiger partial charge in [0.05, 0.1) is 6.54 Å². The lowest BCUT2D eigenvalue weighted by molar-refractivity contribution is -0.126. The smallest absolute Gasteiger partial charge is 0.239 e. The maximum absolute atomic E-state index is 11.5. The molecular formula is C12H26ClN3O2. The van der Waals surface area contributed by atoms with Gasteiger partial charge in [-0.15, -0.1) is 12.4 Å². The van der Waals surface area contributed by atoms with Crippen LogP contribution in [0.5, 0.6) is 0 Å². The van der Waals surface area contributed by atoms with E-state index in [1.807, 2.05) is 6.92 Å². The first kappa shape index (κ1) is 19.5. The number of rotatable bonds is 9. The number of nitrogens with one attached hydrogen (secondary N) is 2. The Labute approximate surface area is 116 Å². The van der Waals surface area contributed by atoms with Crippen LogP contribution in [0.15, 0.2) is 0 Å². The lowest BCUT2D eigenvalue weighted by atomic mass is 10.1. The Kier molecular flexibility index (Phi) is 13.7. The zero-order chi connectivity index (χ0) is 13.1. The molecular weight excluding hydrogens is 254 g/mol. The Morgan fingerprint density at radius 2 is 1.83 bits per heavy atom. The van der Waals surface area contributed by atoms with Crippen LogP contribution in [-0.4, -0.2) is 30.9 Å². The molecule has 0 aliphatic carbocycles. The molecule has 0 radical (unpaired) electrons. The van der Waals surface area contributed by atoms with Crippen molar-refractivity contribution in [2.75, 3.05) is 13.1 Å². The first-order valence-corrected chi connectivity index (χ1v) is 6.40. The fourth-order valence-electron chi connectivity index (χ4n) is 1.47. The first-order valence-electron chi connectivity index (χ1n) is 6.40. The third-order valence-corrected chi connectivity index (χ3v) is 2.48. The summed E-state index contributed by atoms with van der Waals surface area (Å²) in [4.78, 5) is 22.7. The van der Waals surface area contributed by atoms with Gasteiger partial charge in [0.1, 0.15) is 0 Å². The van der Waals surface area contributed by atoms with E-state index in [1.165, 1.54) is 0 Å². The van der Waals surface area contributed by atoms with Gasteiger partial charge in [-0.3, -0.25) is 9.59 Å². The summed E-state index contributed by atoms with van der Waals surface area (Å²) >= 11 is 0. The highest BCUT2D eigenvalue weighted by molar-refractivity contribution is 5.85. The standard InChI is InChI=1S/C12H25N3O2.ClH/c1-3-5-7-10(8-13)15-12(17)9-14-11(16)6-4-2;/h10H,3-9,13H2,1-2H3,(H,14,16)(H,15,17);1H. The summed E-state index contributed by atoms with van der Waals surface area (Å²) in [7, 11) is 0. The van der Waals surface area contributed by atoms with Crippen LogP contribution in [0.1, 0.15) is 46.0 Å². The average Bonchev–Trinajstić information content (AvgIpc) is 2.32. The molecule has 0 saturated carbocycles. The Morgan fingerprint density at radius 3 is 2.33 bits per heavy atom. The monoisotopic (exact) mass is 279 g/mol. The van der Waals surface area contributed by atoms with Crippen LogP contribution in [0.2, 0.25) is 0 Å². The molecule has 0 saturated heterocycles. The molecule has 0 aliphatic heterocycles. The van der Waals surface area contributed by atoms with E-state index in [9.17, 15) is 9.59 Å². The molecule has 0 aromatic rings. The van der Waals surface area contributed by atoms with Gasteiger partial charge in [-0.25, -0.2) is 0 Å². The summed E-state index contributed by atoms with van der Waals surface area (Å²) in [5.74, 6) is -0.249. The van der Waals surface area contributed by atoms with Crippen LogP contribution >= 0.6 is 12.4 Å². The fourth-order valence-corrected chi connectivity index (χ4v) is 1.47. The van der Waals surface area contributed by atoms with E-state index in [1.54, 1.807) is 0 Å². The highest BCUT2D eigenvalue weighted by Gasteiger charge is 2.10. The summed E-state index contributed by atoms with van der Waals surface area (Å²) in [6, 6.07) is 0.0190. The zero-order valence-corrected chi connectivity index (χ0v) is 12.1. The molecule has 4 N–H and O–H groups in total. The zero-order valence-electron chi connectivity index (χ0n) is 11.3. The van der Waals surface area contributed by atoms with Gasteiger partial charge in [-0.05, 0) is 12.8 Å². The third kappa shape index (κ3) is 10.4. The van der Waals surface area contributed by atoms with Gasteiger partial charge < -0.3 is 16.4 Å². The number of carbonyl (C=O) groups excluding carboxylic acids is 2. The van der Waals surface area contributed by atoms with Crippen LogP contribution in [0.4, 0.5) is 0 Å². The average molecular weight is 280 g/mol. The first-order chi connectivity index (χ1) is 8.13. The molecule has 0 rings (SSSR count). The van der Waals surface area contributed by atoms with Gasteiger partial charge in [0.15, 0.2) is 0 Å².